The SMILES string of the molecule is C=CCSCCNC(C)c1cc2cccc(OC)c2o1. The van der Waals surface area contributed by atoms with Crippen molar-refractivity contribution in [2.75, 3.05) is 25.2 Å². The molecule has 0 saturated carbocycles. The fourth-order valence-corrected chi connectivity index (χ4v) is 2.64. The van der Waals surface area contributed by atoms with Crippen LogP contribution in [-0.4, -0.2) is 25.2 Å². The van der Waals surface area contributed by atoms with Crippen LogP contribution in [0.15, 0.2) is 41.3 Å². The number of furan rings is 1. The van der Waals surface area contributed by atoms with Gasteiger partial charge < -0.3 is 14.5 Å². The molecule has 3 nitrogen and oxygen atoms in total. The van der Waals surface area contributed by atoms with Gasteiger partial charge in [-0.3, -0.25) is 0 Å². The first-order valence-corrected chi connectivity index (χ1v) is 7.90. The van der Waals surface area contributed by atoms with Gasteiger partial charge in [-0.15, -0.1) is 6.58 Å². The van der Waals surface area contributed by atoms with Crippen LogP contribution in [-0.2, 0) is 0 Å². The summed E-state index contributed by atoms with van der Waals surface area (Å²) in [6.45, 7) is 6.78. The van der Waals surface area contributed by atoms with Gasteiger partial charge in [0, 0.05) is 23.4 Å². The van der Waals surface area contributed by atoms with Crippen molar-refractivity contribution in [3.8, 4) is 5.75 Å². The number of hydrogen-bond donors (Lipinski definition) is 1. The molecule has 4 heteroatoms. The highest BCUT2D eigenvalue weighted by Crippen LogP contribution is 2.30. The second-order valence-electron chi connectivity index (χ2n) is 4.57. The van der Waals surface area contributed by atoms with E-state index in [0.29, 0.717) is 0 Å². The van der Waals surface area contributed by atoms with Crippen molar-refractivity contribution in [3.05, 3.63) is 42.7 Å². The summed E-state index contributed by atoms with van der Waals surface area (Å²) in [6, 6.07) is 8.20. The van der Waals surface area contributed by atoms with Crippen LogP contribution in [0, 0.1) is 0 Å². The van der Waals surface area contributed by atoms with Crippen molar-refractivity contribution in [3.63, 3.8) is 0 Å². The average molecular weight is 291 g/mol. The maximum Gasteiger partial charge on any atom is 0.176 e. The summed E-state index contributed by atoms with van der Waals surface area (Å²) in [7, 11) is 1.66. The molecule has 1 unspecified atom stereocenters. The van der Waals surface area contributed by atoms with Crippen LogP contribution in [0.25, 0.3) is 11.0 Å². The van der Waals surface area contributed by atoms with Gasteiger partial charge >= 0.3 is 0 Å². The Morgan fingerprint density at radius 2 is 2.35 bits per heavy atom. The molecule has 0 aliphatic carbocycles. The molecule has 1 heterocycles. The summed E-state index contributed by atoms with van der Waals surface area (Å²) < 4.78 is 11.2. The third-order valence-electron chi connectivity index (χ3n) is 3.11. The molecule has 0 amide bonds. The zero-order valence-electron chi connectivity index (χ0n) is 12.0. The fraction of sp³-hybridized carbons (Fsp3) is 0.375. The minimum absolute atomic E-state index is 0.191. The lowest BCUT2D eigenvalue weighted by molar-refractivity contribution is 0.401. The zero-order valence-corrected chi connectivity index (χ0v) is 12.8. The molecule has 0 aliphatic heterocycles. The number of para-hydroxylation sites is 1. The van der Waals surface area contributed by atoms with E-state index in [-0.39, 0.29) is 6.04 Å². The highest BCUT2D eigenvalue weighted by atomic mass is 32.2. The summed E-state index contributed by atoms with van der Waals surface area (Å²) in [5.41, 5.74) is 0.819. The van der Waals surface area contributed by atoms with Gasteiger partial charge in [-0.25, -0.2) is 0 Å². The maximum atomic E-state index is 5.92. The number of methoxy groups -OCH3 is 1. The van der Waals surface area contributed by atoms with Crippen molar-refractivity contribution in [2.45, 2.75) is 13.0 Å². The van der Waals surface area contributed by atoms with Gasteiger partial charge in [0.2, 0.25) is 0 Å². The van der Waals surface area contributed by atoms with Crippen LogP contribution in [0.3, 0.4) is 0 Å². The number of nitrogens with one attached hydrogen (secondary N) is 1. The Labute approximate surface area is 124 Å². The number of benzene rings is 1. The van der Waals surface area contributed by atoms with Gasteiger partial charge in [-0.2, -0.15) is 11.8 Å². The predicted molar refractivity (Wildman–Crippen MR) is 86.7 cm³/mol. The lowest BCUT2D eigenvalue weighted by Crippen LogP contribution is -2.20. The monoisotopic (exact) mass is 291 g/mol. The molecule has 0 fully saturated rings. The van der Waals surface area contributed by atoms with Crippen LogP contribution in [0.5, 0.6) is 5.75 Å². The third kappa shape index (κ3) is 3.58. The number of fused-ring (bicyclic) bond motifs is 1. The Morgan fingerprint density at radius 1 is 1.50 bits per heavy atom. The lowest BCUT2D eigenvalue weighted by Gasteiger charge is -2.10. The van der Waals surface area contributed by atoms with Crippen LogP contribution in [0.4, 0.5) is 0 Å². The Morgan fingerprint density at radius 3 is 3.10 bits per heavy atom. The Balaban J connectivity index is 1.99. The van der Waals surface area contributed by atoms with Crippen molar-refractivity contribution < 1.29 is 9.15 Å². The van der Waals surface area contributed by atoms with E-state index in [1.54, 1.807) is 7.11 Å². The van der Waals surface area contributed by atoms with E-state index in [9.17, 15) is 0 Å². The van der Waals surface area contributed by atoms with Gasteiger partial charge in [-0.1, -0.05) is 18.2 Å². The second-order valence-corrected chi connectivity index (χ2v) is 5.72. The highest BCUT2D eigenvalue weighted by Gasteiger charge is 2.13. The number of rotatable bonds is 8. The molecule has 0 bridgehead atoms. The van der Waals surface area contributed by atoms with Crippen molar-refractivity contribution >= 4 is 22.7 Å². The maximum absolute atomic E-state index is 5.92. The molecule has 1 aromatic heterocycles. The second kappa shape index (κ2) is 7.41. The first-order valence-electron chi connectivity index (χ1n) is 6.74. The summed E-state index contributed by atoms with van der Waals surface area (Å²) in [6.07, 6.45) is 1.93. The molecule has 0 spiro atoms. The molecule has 2 rings (SSSR count). The van der Waals surface area contributed by atoms with E-state index >= 15 is 0 Å². The molecule has 20 heavy (non-hydrogen) atoms. The summed E-state index contributed by atoms with van der Waals surface area (Å²) in [5, 5.41) is 4.54. The minimum atomic E-state index is 0.191. The molecule has 2 aromatic rings. The van der Waals surface area contributed by atoms with Crippen molar-refractivity contribution in [1.29, 1.82) is 0 Å². The van der Waals surface area contributed by atoms with Crippen LogP contribution in [0.2, 0.25) is 0 Å². The summed E-state index contributed by atoms with van der Waals surface area (Å²) >= 11 is 1.87. The number of ether oxygens (including phenoxy) is 1. The molecule has 0 radical (unpaired) electrons. The standard InChI is InChI=1S/C16H21NO2S/c1-4-9-20-10-8-17-12(2)15-11-13-6-5-7-14(18-3)16(13)19-15/h4-7,11-12,17H,1,8-10H2,2-3H3. The number of hydrogen-bond acceptors (Lipinski definition) is 4. The van der Waals surface area contributed by atoms with Crippen molar-refractivity contribution in [2.24, 2.45) is 0 Å². The number of thioether (sulfide) groups is 1. The van der Waals surface area contributed by atoms with Crippen LogP contribution < -0.4 is 10.1 Å². The Bertz CT molecular complexity index is 565. The third-order valence-corrected chi connectivity index (χ3v) is 4.07. The molecule has 108 valence electrons. The average Bonchev–Trinajstić information content (AvgIpc) is 2.90. The van der Waals surface area contributed by atoms with Crippen LogP contribution >= 0.6 is 11.8 Å². The van der Waals surface area contributed by atoms with E-state index in [0.717, 1.165) is 40.5 Å². The van der Waals surface area contributed by atoms with E-state index in [2.05, 4.69) is 24.9 Å². The minimum Gasteiger partial charge on any atom is -0.493 e. The molecule has 0 aliphatic rings. The van der Waals surface area contributed by atoms with Gasteiger partial charge in [0.05, 0.1) is 13.2 Å². The van der Waals surface area contributed by atoms with E-state index in [1.807, 2.05) is 36.0 Å². The highest BCUT2D eigenvalue weighted by molar-refractivity contribution is 7.99. The quantitative estimate of drug-likeness (QED) is 0.588. The van der Waals surface area contributed by atoms with Crippen molar-refractivity contribution in [1.82, 2.24) is 5.32 Å². The molecule has 1 N–H and O–H groups in total. The van der Waals surface area contributed by atoms with Crippen LogP contribution in [0.1, 0.15) is 18.7 Å². The predicted octanol–water partition coefficient (Wildman–Crippen LogP) is 4.01. The Hall–Kier alpha value is -1.39. The topological polar surface area (TPSA) is 34.4 Å². The molecule has 0 saturated heterocycles. The smallest absolute Gasteiger partial charge is 0.176 e. The lowest BCUT2D eigenvalue weighted by atomic mass is 10.2. The van der Waals surface area contributed by atoms with E-state index in [1.165, 1.54) is 0 Å². The molecule has 1 aromatic carbocycles. The largest absolute Gasteiger partial charge is 0.493 e. The zero-order chi connectivity index (χ0) is 14.4. The van der Waals surface area contributed by atoms with Gasteiger partial charge in [0.1, 0.15) is 5.76 Å². The van der Waals surface area contributed by atoms with E-state index in [4.69, 9.17) is 9.15 Å². The fourth-order valence-electron chi connectivity index (χ4n) is 2.05. The molecular weight excluding hydrogens is 270 g/mol. The first-order chi connectivity index (χ1) is 9.76. The summed E-state index contributed by atoms with van der Waals surface area (Å²) in [4.78, 5) is 0. The van der Waals surface area contributed by atoms with Gasteiger partial charge in [-0.05, 0) is 19.1 Å². The Kier molecular flexibility index (Phi) is 5.56. The summed E-state index contributed by atoms with van der Waals surface area (Å²) in [5.74, 6) is 3.79. The van der Waals surface area contributed by atoms with Gasteiger partial charge in [0.25, 0.3) is 0 Å². The van der Waals surface area contributed by atoms with E-state index < -0.39 is 0 Å². The molecular formula is C16H21NO2S. The van der Waals surface area contributed by atoms with Gasteiger partial charge in [0.15, 0.2) is 11.3 Å². The molecule has 1 atom stereocenters. The normalized spacial score (nSPS) is 12.5. The first kappa shape index (κ1) is 15.0.